The van der Waals surface area contributed by atoms with Crippen LogP contribution in [0.25, 0.3) is 0 Å². The molecule has 9 heteroatoms. The van der Waals surface area contributed by atoms with Crippen molar-refractivity contribution in [2.75, 3.05) is 32.7 Å². The molecule has 2 aromatic rings. The van der Waals surface area contributed by atoms with Crippen molar-refractivity contribution in [3.05, 3.63) is 46.2 Å². The second-order valence-electron chi connectivity index (χ2n) is 7.43. The summed E-state index contributed by atoms with van der Waals surface area (Å²) < 4.78 is 2.01. The molecule has 4 heterocycles. The van der Waals surface area contributed by atoms with Gasteiger partial charge >= 0.3 is 0 Å². The fourth-order valence-electron chi connectivity index (χ4n) is 3.78. The van der Waals surface area contributed by atoms with Crippen molar-refractivity contribution in [1.82, 2.24) is 29.9 Å². The van der Waals surface area contributed by atoms with Gasteiger partial charge in [0.2, 0.25) is 0 Å². The zero-order valence-electron chi connectivity index (χ0n) is 17.1. The van der Waals surface area contributed by atoms with Gasteiger partial charge in [-0.15, -0.1) is 45.5 Å². The molecule has 0 aliphatic carbocycles. The van der Waals surface area contributed by atoms with E-state index in [-0.39, 0.29) is 24.0 Å². The summed E-state index contributed by atoms with van der Waals surface area (Å²) in [6, 6.07) is 4.91. The van der Waals surface area contributed by atoms with Crippen molar-refractivity contribution in [2.24, 2.45) is 12.0 Å². The summed E-state index contributed by atoms with van der Waals surface area (Å²) in [5.41, 5.74) is 0. The highest BCUT2D eigenvalue weighted by atomic mass is 127. The van der Waals surface area contributed by atoms with Gasteiger partial charge in [-0.1, -0.05) is 18.2 Å². The van der Waals surface area contributed by atoms with E-state index < -0.39 is 0 Å². The van der Waals surface area contributed by atoms with E-state index in [0.29, 0.717) is 12.6 Å². The number of hydrogen-bond acceptors (Lipinski definition) is 5. The zero-order valence-corrected chi connectivity index (χ0v) is 20.3. The topological polar surface area (TPSA) is 61.6 Å². The first kappa shape index (κ1) is 22.2. The number of hydrogen-bond donors (Lipinski definition) is 1. The van der Waals surface area contributed by atoms with E-state index in [2.05, 4.69) is 55.0 Å². The molecule has 1 unspecified atom stereocenters. The molecule has 0 saturated carbocycles. The number of rotatable bonds is 6. The molecule has 1 atom stereocenters. The standard InChI is InChI=1S/C20H29N7S.HI/c1-16-23-24-19(25(16)2)14-22-20(21-9-7-18-6-5-13-28-18)27-12-8-17(15-27)26-10-3-4-11-26;/h3-6,13,17H,7-12,14-15H2,1-2H3,(H,21,22);1H. The normalized spacial score (nSPS) is 19.7. The Labute approximate surface area is 193 Å². The quantitative estimate of drug-likeness (QED) is 0.271. The van der Waals surface area contributed by atoms with Gasteiger partial charge in [0.15, 0.2) is 11.8 Å². The van der Waals surface area contributed by atoms with Gasteiger partial charge < -0.3 is 14.8 Å². The molecule has 0 aromatic carbocycles. The van der Waals surface area contributed by atoms with Crippen LogP contribution < -0.4 is 5.32 Å². The van der Waals surface area contributed by atoms with Crippen LogP contribution >= 0.6 is 35.3 Å². The molecule has 158 valence electrons. The molecule has 1 N–H and O–H groups in total. The molecule has 1 saturated heterocycles. The average molecular weight is 527 g/mol. The van der Waals surface area contributed by atoms with Crippen LogP contribution in [0.3, 0.4) is 0 Å². The summed E-state index contributed by atoms with van der Waals surface area (Å²) in [6.45, 7) is 7.64. The first-order valence-electron chi connectivity index (χ1n) is 10.0. The molecular formula is C20H30IN7S. The molecule has 0 spiro atoms. The van der Waals surface area contributed by atoms with Gasteiger partial charge in [0.1, 0.15) is 12.4 Å². The van der Waals surface area contributed by atoms with Crippen LogP contribution in [0, 0.1) is 6.92 Å². The Hall–Kier alpha value is -1.46. The Morgan fingerprint density at radius 3 is 2.83 bits per heavy atom. The number of guanidine groups is 1. The highest BCUT2D eigenvalue weighted by molar-refractivity contribution is 14.0. The van der Waals surface area contributed by atoms with Crippen molar-refractivity contribution < 1.29 is 0 Å². The lowest BCUT2D eigenvalue weighted by Gasteiger charge is -2.25. The third-order valence-corrected chi connectivity index (χ3v) is 6.55. The molecule has 0 bridgehead atoms. The Morgan fingerprint density at radius 1 is 1.31 bits per heavy atom. The molecule has 2 aliphatic heterocycles. The lowest BCUT2D eigenvalue weighted by molar-refractivity contribution is 0.259. The van der Waals surface area contributed by atoms with E-state index in [1.54, 1.807) is 0 Å². The Bertz CT molecular complexity index is 822. The minimum Gasteiger partial charge on any atom is -0.356 e. The van der Waals surface area contributed by atoms with Gasteiger partial charge in [0, 0.05) is 50.7 Å². The molecule has 2 aliphatic rings. The van der Waals surface area contributed by atoms with E-state index in [0.717, 1.165) is 56.8 Å². The van der Waals surface area contributed by atoms with Crippen LogP contribution in [0.15, 0.2) is 34.7 Å². The number of nitrogens with one attached hydrogen (secondary N) is 1. The van der Waals surface area contributed by atoms with E-state index >= 15 is 0 Å². The maximum Gasteiger partial charge on any atom is 0.194 e. The Morgan fingerprint density at radius 2 is 2.14 bits per heavy atom. The van der Waals surface area contributed by atoms with Crippen LogP contribution in [0.2, 0.25) is 0 Å². The van der Waals surface area contributed by atoms with E-state index in [9.17, 15) is 0 Å². The average Bonchev–Trinajstić information content (AvgIpc) is 3.49. The fraction of sp³-hybridized carbons (Fsp3) is 0.550. The summed E-state index contributed by atoms with van der Waals surface area (Å²) in [5, 5.41) is 14.1. The maximum absolute atomic E-state index is 4.91. The maximum atomic E-state index is 4.91. The number of nitrogens with zero attached hydrogens (tertiary/aromatic N) is 6. The van der Waals surface area contributed by atoms with E-state index in [4.69, 9.17) is 4.99 Å². The molecule has 0 radical (unpaired) electrons. The van der Waals surface area contributed by atoms with Gasteiger partial charge in [0.05, 0.1) is 0 Å². The Kier molecular flexibility index (Phi) is 8.07. The predicted molar refractivity (Wildman–Crippen MR) is 129 cm³/mol. The predicted octanol–water partition coefficient (Wildman–Crippen LogP) is 2.44. The number of halogens is 1. The highest BCUT2D eigenvalue weighted by Gasteiger charge is 2.29. The first-order chi connectivity index (χ1) is 13.7. The summed E-state index contributed by atoms with van der Waals surface area (Å²) >= 11 is 1.81. The van der Waals surface area contributed by atoms with E-state index in [1.807, 2.05) is 29.9 Å². The van der Waals surface area contributed by atoms with Crippen LogP contribution in [0.4, 0.5) is 0 Å². The molecule has 4 rings (SSSR count). The monoisotopic (exact) mass is 527 g/mol. The van der Waals surface area contributed by atoms with Crippen molar-refractivity contribution in [3.8, 4) is 0 Å². The first-order valence-corrected chi connectivity index (χ1v) is 10.9. The molecule has 7 nitrogen and oxygen atoms in total. The second-order valence-corrected chi connectivity index (χ2v) is 8.46. The minimum absolute atomic E-state index is 0. The minimum atomic E-state index is 0. The number of thiophene rings is 1. The number of likely N-dealkylation sites (tertiary alicyclic amines) is 1. The number of aromatic nitrogens is 3. The van der Waals surface area contributed by atoms with Crippen molar-refractivity contribution >= 4 is 41.3 Å². The summed E-state index contributed by atoms with van der Waals surface area (Å²) in [5.74, 6) is 2.81. The van der Waals surface area contributed by atoms with Crippen LogP contribution in [0.5, 0.6) is 0 Å². The lowest BCUT2D eigenvalue weighted by Crippen LogP contribution is -2.43. The number of aryl methyl sites for hydroxylation is 1. The molecule has 0 amide bonds. The number of aliphatic imine (C=N–C) groups is 1. The third-order valence-electron chi connectivity index (χ3n) is 5.61. The Balaban J connectivity index is 0.00000240. The smallest absolute Gasteiger partial charge is 0.194 e. The molecule has 2 aromatic heterocycles. The summed E-state index contributed by atoms with van der Waals surface area (Å²) in [6.07, 6.45) is 6.75. The van der Waals surface area contributed by atoms with Crippen LogP contribution in [-0.2, 0) is 20.0 Å². The van der Waals surface area contributed by atoms with Crippen molar-refractivity contribution in [1.29, 1.82) is 0 Å². The lowest BCUT2D eigenvalue weighted by atomic mass is 10.2. The summed E-state index contributed by atoms with van der Waals surface area (Å²) in [7, 11) is 2.00. The van der Waals surface area contributed by atoms with Gasteiger partial charge in [-0.25, -0.2) is 4.99 Å². The van der Waals surface area contributed by atoms with Gasteiger partial charge in [0.25, 0.3) is 0 Å². The van der Waals surface area contributed by atoms with Crippen molar-refractivity contribution in [3.63, 3.8) is 0 Å². The molecular weight excluding hydrogens is 497 g/mol. The SMILES string of the molecule is Cc1nnc(CN=C(NCCc2cccs2)N2CCC(N3CC=CC3)C2)n1C.I. The van der Waals surface area contributed by atoms with Crippen molar-refractivity contribution in [2.45, 2.75) is 32.4 Å². The largest absolute Gasteiger partial charge is 0.356 e. The van der Waals surface area contributed by atoms with E-state index in [1.165, 1.54) is 11.3 Å². The van der Waals surface area contributed by atoms with Gasteiger partial charge in [-0.2, -0.15) is 0 Å². The second kappa shape index (κ2) is 10.5. The van der Waals surface area contributed by atoms with Gasteiger partial charge in [-0.3, -0.25) is 4.90 Å². The van der Waals surface area contributed by atoms with Crippen LogP contribution in [0.1, 0.15) is 22.9 Å². The fourth-order valence-corrected chi connectivity index (χ4v) is 4.49. The third kappa shape index (κ3) is 5.58. The highest BCUT2D eigenvalue weighted by Crippen LogP contribution is 2.18. The molecule has 1 fully saturated rings. The molecule has 29 heavy (non-hydrogen) atoms. The van der Waals surface area contributed by atoms with Crippen LogP contribution in [-0.4, -0.2) is 69.3 Å². The summed E-state index contributed by atoms with van der Waals surface area (Å²) in [4.78, 5) is 11.3. The van der Waals surface area contributed by atoms with Gasteiger partial charge in [-0.05, 0) is 31.2 Å². The zero-order chi connectivity index (χ0) is 19.3.